The fraction of sp³-hybridized carbons (Fsp3) is 0.364. The van der Waals surface area contributed by atoms with E-state index < -0.39 is 0 Å². The van der Waals surface area contributed by atoms with Gasteiger partial charge in [0.2, 0.25) is 0 Å². The smallest absolute Gasteiger partial charge is 0.0681 e. The van der Waals surface area contributed by atoms with Crippen molar-refractivity contribution in [2.24, 2.45) is 0 Å². The van der Waals surface area contributed by atoms with Gasteiger partial charge in [-0.15, -0.1) is 6.58 Å². The van der Waals surface area contributed by atoms with Crippen LogP contribution in [0.1, 0.15) is 24.2 Å². The predicted octanol–water partition coefficient (Wildman–Crippen LogP) is 2.23. The first kappa shape index (κ1) is 9.93. The number of pyridine rings is 1. The van der Waals surface area contributed by atoms with Gasteiger partial charge in [-0.3, -0.25) is 4.98 Å². The lowest BCUT2D eigenvalue weighted by Crippen LogP contribution is -2.20. The average Bonchev–Trinajstić information content (AvgIpc) is 2.16. The molecule has 1 atom stereocenters. The molecule has 0 aliphatic carbocycles. The third-order valence-electron chi connectivity index (χ3n) is 2.00. The highest BCUT2D eigenvalue weighted by atomic mass is 14.9. The van der Waals surface area contributed by atoms with Crippen LogP contribution in [0.3, 0.4) is 0 Å². The van der Waals surface area contributed by atoms with E-state index in [1.54, 1.807) is 0 Å². The molecule has 1 aromatic heterocycles. The summed E-state index contributed by atoms with van der Waals surface area (Å²) in [6.45, 7) is 8.86. The van der Waals surface area contributed by atoms with Gasteiger partial charge >= 0.3 is 0 Å². The van der Waals surface area contributed by atoms with Crippen LogP contribution in [0.25, 0.3) is 0 Å². The lowest BCUT2D eigenvalue weighted by molar-refractivity contribution is 0.630. The lowest BCUT2D eigenvalue weighted by Gasteiger charge is -2.14. The number of aryl methyl sites for hydroxylation is 1. The molecule has 0 bridgehead atoms. The molecule has 1 rings (SSSR count). The first-order chi connectivity index (χ1) is 6.29. The second-order valence-corrected chi connectivity index (χ2v) is 2.98. The Kier molecular flexibility index (Phi) is 3.65. The van der Waals surface area contributed by atoms with Crippen molar-refractivity contribution in [1.29, 1.82) is 0 Å². The van der Waals surface area contributed by atoms with Crippen LogP contribution in [-0.4, -0.2) is 11.5 Å². The van der Waals surface area contributed by atoms with Crippen LogP contribution in [0.4, 0.5) is 0 Å². The summed E-state index contributed by atoms with van der Waals surface area (Å²) in [4.78, 5) is 4.33. The number of nitrogens with zero attached hydrogens (tertiary/aromatic N) is 1. The molecule has 1 heterocycles. The Morgan fingerprint density at radius 3 is 3.00 bits per heavy atom. The van der Waals surface area contributed by atoms with Gasteiger partial charge in [-0.1, -0.05) is 19.1 Å². The molecule has 0 amide bonds. The zero-order valence-electron chi connectivity index (χ0n) is 8.25. The Hall–Kier alpha value is -1.15. The molecule has 0 aliphatic rings. The molecule has 2 heteroatoms. The summed E-state index contributed by atoms with van der Waals surface area (Å²) in [6.07, 6.45) is 3.70. The van der Waals surface area contributed by atoms with Crippen LogP contribution >= 0.6 is 0 Å². The predicted molar refractivity (Wildman–Crippen MR) is 55.6 cm³/mol. The maximum atomic E-state index is 4.33. The fourth-order valence-electron chi connectivity index (χ4n) is 1.34. The van der Waals surface area contributed by atoms with Gasteiger partial charge in [-0.05, 0) is 25.1 Å². The standard InChI is InChI=1S/C11H16N2/c1-4-10(12-5-2)11-9(3)7-6-8-13-11/h4,6-8,10,12H,1,5H2,2-3H3. The molecule has 1 unspecified atom stereocenters. The van der Waals surface area contributed by atoms with Gasteiger partial charge in [0.1, 0.15) is 0 Å². The normalized spacial score (nSPS) is 12.5. The molecule has 0 saturated heterocycles. The summed E-state index contributed by atoms with van der Waals surface area (Å²) in [5, 5.41) is 3.31. The van der Waals surface area contributed by atoms with Crippen molar-refractivity contribution in [3.05, 3.63) is 42.2 Å². The zero-order chi connectivity index (χ0) is 9.68. The topological polar surface area (TPSA) is 24.9 Å². The van der Waals surface area contributed by atoms with Crippen LogP contribution in [-0.2, 0) is 0 Å². The third-order valence-corrected chi connectivity index (χ3v) is 2.00. The van der Waals surface area contributed by atoms with E-state index in [2.05, 4.69) is 36.8 Å². The molecule has 0 saturated carbocycles. The first-order valence-corrected chi connectivity index (χ1v) is 4.57. The Morgan fingerprint density at radius 1 is 1.69 bits per heavy atom. The highest BCUT2D eigenvalue weighted by molar-refractivity contribution is 5.23. The van der Waals surface area contributed by atoms with Gasteiger partial charge in [0, 0.05) is 6.20 Å². The Balaban J connectivity index is 2.90. The molecule has 70 valence electrons. The van der Waals surface area contributed by atoms with E-state index in [0.717, 1.165) is 12.2 Å². The second kappa shape index (κ2) is 4.77. The highest BCUT2D eigenvalue weighted by Gasteiger charge is 2.08. The minimum atomic E-state index is 0.172. The number of rotatable bonds is 4. The Labute approximate surface area is 79.7 Å². The molecule has 0 spiro atoms. The van der Waals surface area contributed by atoms with Crippen molar-refractivity contribution in [2.75, 3.05) is 6.54 Å². The monoisotopic (exact) mass is 176 g/mol. The minimum Gasteiger partial charge on any atom is -0.306 e. The van der Waals surface area contributed by atoms with Crippen LogP contribution in [0.15, 0.2) is 31.0 Å². The minimum absolute atomic E-state index is 0.172. The lowest BCUT2D eigenvalue weighted by atomic mass is 10.1. The number of nitrogens with one attached hydrogen (secondary N) is 1. The van der Waals surface area contributed by atoms with Gasteiger partial charge in [-0.25, -0.2) is 0 Å². The summed E-state index contributed by atoms with van der Waals surface area (Å²) < 4.78 is 0. The zero-order valence-corrected chi connectivity index (χ0v) is 8.25. The molecule has 2 nitrogen and oxygen atoms in total. The van der Waals surface area contributed by atoms with Crippen molar-refractivity contribution in [2.45, 2.75) is 19.9 Å². The number of aromatic nitrogens is 1. The van der Waals surface area contributed by atoms with Crippen molar-refractivity contribution in [1.82, 2.24) is 10.3 Å². The van der Waals surface area contributed by atoms with E-state index in [-0.39, 0.29) is 6.04 Å². The number of hydrogen-bond acceptors (Lipinski definition) is 2. The summed E-state index contributed by atoms with van der Waals surface area (Å²) in [5.41, 5.74) is 2.27. The first-order valence-electron chi connectivity index (χ1n) is 4.57. The van der Waals surface area contributed by atoms with E-state index in [1.165, 1.54) is 5.56 Å². The molecule has 13 heavy (non-hydrogen) atoms. The molecular formula is C11H16N2. The SMILES string of the molecule is C=CC(NCC)c1ncccc1C. The molecule has 0 radical (unpaired) electrons. The molecular weight excluding hydrogens is 160 g/mol. The average molecular weight is 176 g/mol. The van der Waals surface area contributed by atoms with Gasteiger partial charge in [0.05, 0.1) is 11.7 Å². The van der Waals surface area contributed by atoms with Crippen molar-refractivity contribution in [3.63, 3.8) is 0 Å². The number of hydrogen-bond donors (Lipinski definition) is 1. The van der Waals surface area contributed by atoms with E-state index >= 15 is 0 Å². The number of likely N-dealkylation sites (N-methyl/N-ethyl adjacent to an activating group) is 1. The summed E-state index contributed by atoms with van der Waals surface area (Å²) in [7, 11) is 0. The molecule has 1 N–H and O–H groups in total. The third kappa shape index (κ3) is 2.39. The van der Waals surface area contributed by atoms with Crippen molar-refractivity contribution >= 4 is 0 Å². The van der Waals surface area contributed by atoms with E-state index in [4.69, 9.17) is 0 Å². The molecule has 1 aromatic rings. The Bertz CT molecular complexity index is 281. The summed E-state index contributed by atoms with van der Waals surface area (Å²) in [6, 6.07) is 4.19. The van der Waals surface area contributed by atoms with Gasteiger partial charge < -0.3 is 5.32 Å². The van der Waals surface area contributed by atoms with Crippen LogP contribution < -0.4 is 5.32 Å². The summed E-state index contributed by atoms with van der Waals surface area (Å²) >= 11 is 0. The van der Waals surface area contributed by atoms with E-state index in [0.29, 0.717) is 0 Å². The maximum Gasteiger partial charge on any atom is 0.0681 e. The largest absolute Gasteiger partial charge is 0.306 e. The van der Waals surface area contributed by atoms with E-state index in [1.807, 2.05) is 18.3 Å². The van der Waals surface area contributed by atoms with Gasteiger partial charge in [0.25, 0.3) is 0 Å². The van der Waals surface area contributed by atoms with Crippen LogP contribution in [0.5, 0.6) is 0 Å². The highest BCUT2D eigenvalue weighted by Crippen LogP contribution is 2.14. The summed E-state index contributed by atoms with van der Waals surface area (Å²) in [5.74, 6) is 0. The van der Waals surface area contributed by atoms with Crippen molar-refractivity contribution in [3.8, 4) is 0 Å². The van der Waals surface area contributed by atoms with Crippen LogP contribution in [0.2, 0.25) is 0 Å². The molecule has 0 fully saturated rings. The van der Waals surface area contributed by atoms with Crippen molar-refractivity contribution < 1.29 is 0 Å². The van der Waals surface area contributed by atoms with E-state index in [9.17, 15) is 0 Å². The van der Waals surface area contributed by atoms with Gasteiger partial charge in [0.15, 0.2) is 0 Å². The van der Waals surface area contributed by atoms with Gasteiger partial charge in [-0.2, -0.15) is 0 Å². The molecule has 0 aliphatic heterocycles. The second-order valence-electron chi connectivity index (χ2n) is 2.98. The maximum absolute atomic E-state index is 4.33. The molecule has 0 aromatic carbocycles. The fourth-order valence-corrected chi connectivity index (χ4v) is 1.34. The van der Waals surface area contributed by atoms with Crippen LogP contribution in [0, 0.1) is 6.92 Å². The quantitative estimate of drug-likeness (QED) is 0.711. The Morgan fingerprint density at radius 2 is 2.46 bits per heavy atom.